The van der Waals surface area contributed by atoms with Gasteiger partial charge in [-0.15, -0.1) is 0 Å². The highest BCUT2D eigenvalue weighted by molar-refractivity contribution is 6.31. The lowest BCUT2D eigenvalue weighted by Gasteiger charge is -2.11. The topological polar surface area (TPSA) is 42.2 Å². The summed E-state index contributed by atoms with van der Waals surface area (Å²) >= 11 is 6.28. The Hall–Kier alpha value is -2.85. The molecule has 2 heterocycles. The fraction of sp³-hybridized carbons (Fsp3) is 0.182. The second-order valence-corrected chi connectivity index (χ2v) is 7.34. The van der Waals surface area contributed by atoms with Crippen LogP contribution in [-0.2, 0) is 0 Å². The van der Waals surface area contributed by atoms with E-state index in [1.165, 1.54) is 5.56 Å². The third-order valence-corrected chi connectivity index (χ3v) is 5.08. The van der Waals surface area contributed by atoms with Crippen LogP contribution >= 0.6 is 11.6 Å². The van der Waals surface area contributed by atoms with Crippen LogP contribution in [0, 0.1) is 27.7 Å². The summed E-state index contributed by atoms with van der Waals surface area (Å²) in [7, 11) is 0. The fourth-order valence-electron chi connectivity index (χ4n) is 3.21. The van der Waals surface area contributed by atoms with Crippen molar-refractivity contribution in [1.82, 2.24) is 14.6 Å². The van der Waals surface area contributed by atoms with Gasteiger partial charge in [-0.2, -0.15) is 9.61 Å². The minimum Gasteiger partial charge on any atom is -0.340 e. The molecule has 0 fully saturated rings. The van der Waals surface area contributed by atoms with Crippen LogP contribution in [0.15, 0.2) is 48.5 Å². The largest absolute Gasteiger partial charge is 0.340 e. The molecule has 0 spiro atoms. The highest BCUT2D eigenvalue weighted by Gasteiger charge is 2.16. The molecule has 4 nitrogen and oxygen atoms in total. The summed E-state index contributed by atoms with van der Waals surface area (Å²) < 4.78 is 1.87. The molecule has 4 aromatic rings. The third kappa shape index (κ3) is 3.28. The van der Waals surface area contributed by atoms with Crippen LogP contribution in [-0.4, -0.2) is 14.6 Å². The quantitative estimate of drug-likeness (QED) is 0.474. The van der Waals surface area contributed by atoms with Gasteiger partial charge >= 0.3 is 0 Å². The van der Waals surface area contributed by atoms with Gasteiger partial charge in [0.1, 0.15) is 5.82 Å². The Labute approximate surface area is 163 Å². The highest BCUT2D eigenvalue weighted by atomic mass is 35.5. The zero-order valence-electron chi connectivity index (χ0n) is 15.8. The fourth-order valence-corrected chi connectivity index (χ4v) is 3.39. The molecule has 136 valence electrons. The molecule has 0 saturated carbocycles. The van der Waals surface area contributed by atoms with Gasteiger partial charge < -0.3 is 5.32 Å². The average molecular weight is 377 g/mol. The number of hydrogen-bond donors (Lipinski definition) is 1. The van der Waals surface area contributed by atoms with Crippen molar-refractivity contribution in [3.63, 3.8) is 0 Å². The second-order valence-electron chi connectivity index (χ2n) is 6.93. The Balaban J connectivity index is 1.86. The second kappa shape index (κ2) is 6.71. The molecule has 0 amide bonds. The molecule has 2 aromatic heterocycles. The van der Waals surface area contributed by atoms with Gasteiger partial charge in [0.2, 0.25) is 0 Å². The molecule has 0 aliphatic rings. The molecule has 0 bridgehead atoms. The molecule has 0 atom stereocenters. The number of benzene rings is 2. The van der Waals surface area contributed by atoms with E-state index in [1.807, 2.05) is 49.6 Å². The lowest BCUT2D eigenvalue weighted by molar-refractivity contribution is 0.917. The predicted molar refractivity (Wildman–Crippen MR) is 112 cm³/mol. The SMILES string of the molecule is Cc1ccc(-c2c(C)nn3c(Nc4ccc(C)c(Cl)c4)cc(C)nc23)cc1. The Kier molecular flexibility index (Phi) is 4.36. The first-order valence-electron chi connectivity index (χ1n) is 8.89. The van der Waals surface area contributed by atoms with E-state index in [9.17, 15) is 0 Å². The normalized spacial score (nSPS) is 11.1. The van der Waals surface area contributed by atoms with E-state index < -0.39 is 0 Å². The number of hydrogen-bond acceptors (Lipinski definition) is 3. The summed E-state index contributed by atoms with van der Waals surface area (Å²) in [6.07, 6.45) is 0. The Morgan fingerprint density at radius 1 is 0.926 bits per heavy atom. The van der Waals surface area contributed by atoms with Gasteiger partial charge in [-0.25, -0.2) is 4.98 Å². The molecule has 0 saturated heterocycles. The molecular weight excluding hydrogens is 356 g/mol. The van der Waals surface area contributed by atoms with Gasteiger partial charge in [-0.3, -0.25) is 0 Å². The Morgan fingerprint density at radius 3 is 2.37 bits per heavy atom. The smallest absolute Gasteiger partial charge is 0.165 e. The van der Waals surface area contributed by atoms with E-state index in [4.69, 9.17) is 21.7 Å². The lowest BCUT2D eigenvalue weighted by Crippen LogP contribution is -2.02. The molecule has 2 aromatic carbocycles. The van der Waals surface area contributed by atoms with Gasteiger partial charge in [0, 0.05) is 28.0 Å². The Bertz CT molecular complexity index is 1140. The summed E-state index contributed by atoms with van der Waals surface area (Å²) in [6.45, 7) is 8.09. The monoisotopic (exact) mass is 376 g/mol. The van der Waals surface area contributed by atoms with E-state index >= 15 is 0 Å². The van der Waals surface area contributed by atoms with Crippen molar-refractivity contribution >= 4 is 28.8 Å². The molecule has 4 rings (SSSR count). The standard InChI is InChI=1S/C22H21ClN4/c1-13-5-8-17(9-6-13)21-16(4)26-27-20(11-15(3)24-22(21)27)25-18-10-7-14(2)19(23)12-18/h5-12,25H,1-4H3. The number of fused-ring (bicyclic) bond motifs is 1. The number of anilines is 2. The first kappa shape index (κ1) is 17.6. The molecule has 0 radical (unpaired) electrons. The molecular formula is C22H21ClN4. The highest BCUT2D eigenvalue weighted by Crippen LogP contribution is 2.31. The minimum atomic E-state index is 0.735. The van der Waals surface area contributed by atoms with Gasteiger partial charge in [0.05, 0.1) is 5.69 Å². The van der Waals surface area contributed by atoms with Crippen molar-refractivity contribution in [2.45, 2.75) is 27.7 Å². The van der Waals surface area contributed by atoms with Crippen LogP contribution < -0.4 is 5.32 Å². The van der Waals surface area contributed by atoms with Crippen LogP contribution in [0.1, 0.15) is 22.5 Å². The third-order valence-electron chi connectivity index (χ3n) is 4.68. The van der Waals surface area contributed by atoms with Crippen molar-refractivity contribution in [1.29, 1.82) is 0 Å². The maximum Gasteiger partial charge on any atom is 0.165 e. The molecule has 27 heavy (non-hydrogen) atoms. The van der Waals surface area contributed by atoms with Gasteiger partial charge in [0.25, 0.3) is 0 Å². The molecule has 0 aliphatic carbocycles. The van der Waals surface area contributed by atoms with Gasteiger partial charge in [-0.05, 0) is 51.0 Å². The van der Waals surface area contributed by atoms with Crippen LogP contribution in [0.3, 0.4) is 0 Å². The number of rotatable bonds is 3. The first-order chi connectivity index (χ1) is 12.9. The summed E-state index contributed by atoms with van der Waals surface area (Å²) in [5.41, 5.74) is 8.10. The first-order valence-corrected chi connectivity index (χ1v) is 9.27. The predicted octanol–water partition coefficient (Wildman–Crippen LogP) is 6.03. The van der Waals surface area contributed by atoms with Crippen molar-refractivity contribution in [2.75, 3.05) is 5.32 Å². The number of nitrogens with one attached hydrogen (secondary N) is 1. The van der Waals surface area contributed by atoms with Crippen LogP contribution in [0.4, 0.5) is 11.5 Å². The van der Waals surface area contributed by atoms with Crippen molar-refractivity contribution in [2.24, 2.45) is 0 Å². The van der Waals surface area contributed by atoms with Gasteiger partial charge in [-0.1, -0.05) is 47.5 Å². The van der Waals surface area contributed by atoms with Crippen LogP contribution in [0.25, 0.3) is 16.8 Å². The number of aryl methyl sites for hydroxylation is 4. The number of nitrogens with zero attached hydrogens (tertiary/aromatic N) is 3. The maximum absolute atomic E-state index is 6.28. The van der Waals surface area contributed by atoms with E-state index in [2.05, 4.69) is 36.5 Å². The van der Waals surface area contributed by atoms with Crippen molar-refractivity contribution < 1.29 is 0 Å². The van der Waals surface area contributed by atoms with E-state index in [1.54, 1.807) is 0 Å². The van der Waals surface area contributed by atoms with E-state index in [-0.39, 0.29) is 0 Å². The van der Waals surface area contributed by atoms with Crippen LogP contribution in [0.5, 0.6) is 0 Å². The molecule has 0 aliphatic heterocycles. The van der Waals surface area contributed by atoms with Gasteiger partial charge in [0.15, 0.2) is 5.65 Å². The minimum absolute atomic E-state index is 0.735. The van der Waals surface area contributed by atoms with Crippen LogP contribution in [0.2, 0.25) is 5.02 Å². The lowest BCUT2D eigenvalue weighted by atomic mass is 10.0. The Morgan fingerprint density at radius 2 is 1.67 bits per heavy atom. The molecule has 0 unspecified atom stereocenters. The summed E-state index contributed by atoms with van der Waals surface area (Å²) in [6, 6.07) is 16.4. The molecule has 1 N–H and O–H groups in total. The zero-order chi connectivity index (χ0) is 19.1. The van der Waals surface area contributed by atoms with Crippen molar-refractivity contribution in [3.8, 4) is 11.1 Å². The molecule has 5 heteroatoms. The summed E-state index contributed by atoms with van der Waals surface area (Å²) in [5.74, 6) is 0.860. The van der Waals surface area contributed by atoms with E-state index in [0.29, 0.717) is 0 Å². The van der Waals surface area contributed by atoms with Crippen molar-refractivity contribution in [3.05, 3.63) is 76.1 Å². The summed E-state index contributed by atoms with van der Waals surface area (Å²) in [4.78, 5) is 4.76. The maximum atomic E-state index is 6.28. The zero-order valence-corrected chi connectivity index (χ0v) is 16.6. The number of halogens is 1. The summed E-state index contributed by atoms with van der Waals surface area (Å²) in [5, 5.41) is 8.92. The average Bonchev–Trinajstić information content (AvgIpc) is 2.95. The van der Waals surface area contributed by atoms with E-state index in [0.717, 1.165) is 50.3 Å². The number of aromatic nitrogens is 3.